The zero-order chi connectivity index (χ0) is 23.9. The Balaban J connectivity index is 1.63. The Morgan fingerprint density at radius 1 is 1.24 bits per heavy atom. The first-order valence-corrected chi connectivity index (χ1v) is 10.9. The third-order valence-corrected chi connectivity index (χ3v) is 6.10. The van der Waals surface area contributed by atoms with Crippen molar-refractivity contribution >= 4 is 35.0 Å². The van der Waals surface area contributed by atoms with E-state index in [0.717, 1.165) is 19.5 Å². The van der Waals surface area contributed by atoms with E-state index in [-0.39, 0.29) is 23.5 Å². The fourth-order valence-corrected chi connectivity index (χ4v) is 4.69. The number of non-ortho nitro benzene ring substituents is 1. The van der Waals surface area contributed by atoms with Crippen LogP contribution in [0, 0.1) is 28.9 Å². The van der Waals surface area contributed by atoms with Crippen LogP contribution in [-0.2, 0) is 9.59 Å². The lowest BCUT2D eigenvalue weighted by atomic mass is 9.91. The fourth-order valence-electron chi connectivity index (χ4n) is 4.69. The van der Waals surface area contributed by atoms with Gasteiger partial charge in [0, 0.05) is 37.3 Å². The van der Waals surface area contributed by atoms with Gasteiger partial charge in [0.05, 0.1) is 16.4 Å². The number of nitro benzene ring substituents is 1. The van der Waals surface area contributed by atoms with Gasteiger partial charge >= 0.3 is 0 Å². The first-order valence-electron chi connectivity index (χ1n) is 10.9. The number of aromatic nitrogens is 2. The number of benzene rings is 1. The van der Waals surface area contributed by atoms with Gasteiger partial charge in [-0.05, 0) is 36.8 Å². The van der Waals surface area contributed by atoms with E-state index in [2.05, 4.69) is 34.4 Å². The maximum atomic E-state index is 13.1. The summed E-state index contributed by atoms with van der Waals surface area (Å²) in [4.78, 5) is 58.1. The molecular weight excluding hydrogens is 428 g/mol. The van der Waals surface area contributed by atoms with Crippen molar-refractivity contribution < 1.29 is 14.5 Å². The number of nitrogens with one attached hydrogen (secondary N) is 3. The molecule has 1 fully saturated rings. The van der Waals surface area contributed by atoms with Gasteiger partial charge in [-0.3, -0.25) is 29.5 Å². The van der Waals surface area contributed by atoms with Gasteiger partial charge in [0.1, 0.15) is 5.82 Å². The SMILES string of the molecule is Cc1cc([N+](=O)[O-])ccc1NC(=O)[C@H]1CC(=O)Nc2nc(N3C[C@H](C)C[C@@H](C)C3)[nH]c(=O)c21. The molecule has 174 valence electrons. The number of hydrogen-bond donors (Lipinski definition) is 3. The number of nitrogens with zero attached hydrogens (tertiary/aromatic N) is 3. The van der Waals surface area contributed by atoms with Gasteiger partial charge in [0.25, 0.3) is 11.2 Å². The third kappa shape index (κ3) is 4.57. The summed E-state index contributed by atoms with van der Waals surface area (Å²) in [6.45, 7) is 7.39. The summed E-state index contributed by atoms with van der Waals surface area (Å²) in [5.74, 6) is -0.647. The van der Waals surface area contributed by atoms with Crippen molar-refractivity contribution in [1.82, 2.24) is 9.97 Å². The predicted molar refractivity (Wildman–Crippen MR) is 122 cm³/mol. The molecule has 11 nitrogen and oxygen atoms in total. The molecule has 3 atom stereocenters. The van der Waals surface area contributed by atoms with Crippen molar-refractivity contribution in [3.05, 3.63) is 49.8 Å². The quantitative estimate of drug-likeness (QED) is 0.474. The van der Waals surface area contributed by atoms with Crippen LogP contribution in [0.2, 0.25) is 0 Å². The molecule has 0 spiro atoms. The van der Waals surface area contributed by atoms with Crippen molar-refractivity contribution in [2.45, 2.75) is 39.5 Å². The lowest BCUT2D eigenvalue weighted by Crippen LogP contribution is -2.42. The van der Waals surface area contributed by atoms with Crippen molar-refractivity contribution in [3.8, 4) is 0 Å². The molecule has 2 aromatic rings. The Morgan fingerprint density at radius 3 is 2.58 bits per heavy atom. The second-order valence-electron chi connectivity index (χ2n) is 9.05. The molecule has 3 heterocycles. The maximum absolute atomic E-state index is 13.1. The molecule has 33 heavy (non-hydrogen) atoms. The molecule has 2 aliphatic rings. The molecule has 2 amide bonds. The van der Waals surface area contributed by atoms with Crippen molar-refractivity contribution in [2.24, 2.45) is 11.8 Å². The second kappa shape index (κ2) is 8.64. The third-order valence-electron chi connectivity index (χ3n) is 6.10. The molecule has 0 aliphatic carbocycles. The number of H-pyrrole nitrogens is 1. The predicted octanol–water partition coefficient (Wildman–Crippen LogP) is 2.53. The number of amides is 2. The highest BCUT2D eigenvalue weighted by Gasteiger charge is 2.36. The number of carbonyl (C=O) groups is 2. The summed E-state index contributed by atoms with van der Waals surface area (Å²) in [5.41, 5.74) is 0.404. The lowest BCUT2D eigenvalue weighted by molar-refractivity contribution is -0.384. The summed E-state index contributed by atoms with van der Waals surface area (Å²) in [7, 11) is 0. The standard InChI is InChI=1S/C22H26N6O5/c1-11-6-12(2)10-27(9-11)22-25-19-18(21(31)26-22)15(8-17(29)24-19)20(30)23-16-5-4-14(28(32)33)7-13(16)3/h4-5,7,11-12,15H,6,8-10H2,1-3H3,(H,23,30)(H2,24,25,26,29,31)/t11-,12-,15+/m1/s1. The highest BCUT2D eigenvalue weighted by molar-refractivity contribution is 6.04. The van der Waals surface area contributed by atoms with Gasteiger partial charge in [-0.1, -0.05) is 13.8 Å². The Hall–Kier alpha value is -3.76. The van der Waals surface area contributed by atoms with E-state index in [1.54, 1.807) is 6.92 Å². The van der Waals surface area contributed by atoms with Crippen molar-refractivity contribution in [1.29, 1.82) is 0 Å². The molecule has 1 saturated heterocycles. The number of aromatic amines is 1. The number of hydrogen-bond acceptors (Lipinski definition) is 7. The number of carbonyl (C=O) groups excluding carboxylic acids is 2. The minimum atomic E-state index is -1.03. The summed E-state index contributed by atoms with van der Waals surface area (Å²) < 4.78 is 0. The average Bonchev–Trinajstić information content (AvgIpc) is 2.73. The van der Waals surface area contributed by atoms with Gasteiger partial charge in [-0.15, -0.1) is 0 Å². The largest absolute Gasteiger partial charge is 0.342 e. The maximum Gasteiger partial charge on any atom is 0.269 e. The zero-order valence-corrected chi connectivity index (χ0v) is 18.7. The molecule has 0 saturated carbocycles. The van der Waals surface area contributed by atoms with Crippen LogP contribution in [0.5, 0.6) is 0 Å². The van der Waals surface area contributed by atoms with Crippen LogP contribution in [0.4, 0.5) is 23.1 Å². The number of anilines is 3. The van der Waals surface area contributed by atoms with E-state index in [9.17, 15) is 24.5 Å². The Bertz CT molecular complexity index is 1180. The molecule has 0 unspecified atom stereocenters. The molecule has 4 rings (SSSR count). The van der Waals surface area contributed by atoms with E-state index in [0.29, 0.717) is 29.0 Å². The summed E-state index contributed by atoms with van der Waals surface area (Å²) in [6.07, 6.45) is 0.888. The Morgan fingerprint density at radius 2 is 1.94 bits per heavy atom. The van der Waals surface area contributed by atoms with E-state index in [4.69, 9.17) is 0 Å². The number of fused-ring (bicyclic) bond motifs is 1. The van der Waals surface area contributed by atoms with Gasteiger partial charge in [0.15, 0.2) is 0 Å². The van der Waals surface area contributed by atoms with Gasteiger partial charge in [-0.2, -0.15) is 4.98 Å². The van der Waals surface area contributed by atoms with Crippen molar-refractivity contribution in [3.63, 3.8) is 0 Å². The van der Waals surface area contributed by atoms with E-state index < -0.39 is 28.2 Å². The number of nitro groups is 1. The Labute approximate surface area is 189 Å². The van der Waals surface area contributed by atoms with E-state index >= 15 is 0 Å². The van der Waals surface area contributed by atoms with Gasteiger partial charge < -0.3 is 15.5 Å². The molecular formula is C22H26N6O5. The average molecular weight is 454 g/mol. The van der Waals surface area contributed by atoms with Crippen LogP contribution in [-0.4, -0.2) is 39.8 Å². The lowest BCUT2D eigenvalue weighted by Gasteiger charge is -2.35. The summed E-state index contributed by atoms with van der Waals surface area (Å²) >= 11 is 0. The van der Waals surface area contributed by atoms with Crippen LogP contribution in [0.15, 0.2) is 23.0 Å². The van der Waals surface area contributed by atoms with Crippen molar-refractivity contribution in [2.75, 3.05) is 28.6 Å². The van der Waals surface area contributed by atoms with Crippen LogP contribution in [0.1, 0.15) is 43.7 Å². The van der Waals surface area contributed by atoms with Crippen LogP contribution in [0.25, 0.3) is 0 Å². The highest BCUT2D eigenvalue weighted by atomic mass is 16.6. The zero-order valence-electron chi connectivity index (χ0n) is 18.7. The molecule has 0 bridgehead atoms. The molecule has 3 N–H and O–H groups in total. The summed E-state index contributed by atoms with van der Waals surface area (Å²) in [5, 5.41) is 16.3. The van der Waals surface area contributed by atoms with Crippen LogP contribution < -0.4 is 21.1 Å². The molecule has 1 aromatic heterocycles. The van der Waals surface area contributed by atoms with Crippen LogP contribution in [0.3, 0.4) is 0 Å². The molecule has 1 aromatic carbocycles. The number of aryl methyl sites for hydroxylation is 1. The summed E-state index contributed by atoms with van der Waals surface area (Å²) in [6, 6.07) is 4.06. The minimum Gasteiger partial charge on any atom is -0.342 e. The first-order chi connectivity index (χ1) is 15.6. The topological polar surface area (TPSA) is 150 Å². The number of piperidine rings is 1. The first kappa shape index (κ1) is 22.4. The smallest absolute Gasteiger partial charge is 0.269 e. The molecule has 2 aliphatic heterocycles. The normalized spacial score (nSPS) is 22.3. The van der Waals surface area contributed by atoms with Gasteiger partial charge in [0.2, 0.25) is 17.8 Å². The highest BCUT2D eigenvalue weighted by Crippen LogP contribution is 2.32. The van der Waals surface area contributed by atoms with Gasteiger partial charge in [-0.25, -0.2) is 0 Å². The Kier molecular flexibility index (Phi) is 5.88. The number of rotatable bonds is 4. The fraction of sp³-hybridized carbons (Fsp3) is 0.455. The van der Waals surface area contributed by atoms with E-state index in [1.807, 2.05) is 4.90 Å². The second-order valence-corrected chi connectivity index (χ2v) is 9.05. The van der Waals surface area contributed by atoms with E-state index in [1.165, 1.54) is 18.2 Å². The molecule has 11 heteroatoms. The molecule has 0 radical (unpaired) electrons. The minimum absolute atomic E-state index is 0.0939. The monoisotopic (exact) mass is 454 g/mol. The van der Waals surface area contributed by atoms with Crippen LogP contribution >= 0.6 is 0 Å².